The number of carbonyl (C=O) groups excluding carboxylic acids is 2. The van der Waals surface area contributed by atoms with Crippen LogP contribution in [0.5, 0.6) is 0 Å². The monoisotopic (exact) mass is 476 g/mol. The molecule has 0 atom stereocenters. The molecular formula is C27H56O4S. The summed E-state index contributed by atoms with van der Waals surface area (Å²) in [6.45, 7) is 34.3. The summed E-state index contributed by atoms with van der Waals surface area (Å²) in [6, 6.07) is 0. The summed E-state index contributed by atoms with van der Waals surface area (Å²) in [5, 5.41) is 0. The molecule has 0 aromatic heterocycles. The first-order chi connectivity index (χ1) is 13.3. The molecule has 0 N–H and O–H groups in total. The Morgan fingerprint density at radius 1 is 0.500 bits per heavy atom. The number of Topliss-reactive ketones (excluding diaryl/α,β-unsaturated/α-hetero) is 2. The molecule has 194 valence electrons. The van der Waals surface area contributed by atoms with E-state index in [9.17, 15) is 18.0 Å². The summed E-state index contributed by atoms with van der Waals surface area (Å²) in [5.74, 6) is 0.671. The van der Waals surface area contributed by atoms with Crippen molar-refractivity contribution in [2.75, 3.05) is 0 Å². The molecule has 0 rings (SSSR count). The lowest BCUT2D eigenvalue weighted by atomic mass is 9.76. The van der Waals surface area contributed by atoms with E-state index in [1.165, 1.54) is 0 Å². The molecule has 0 saturated heterocycles. The molecule has 0 radical (unpaired) electrons. The highest BCUT2D eigenvalue weighted by Gasteiger charge is 2.39. The van der Waals surface area contributed by atoms with E-state index in [4.69, 9.17) is 0 Å². The van der Waals surface area contributed by atoms with Gasteiger partial charge in [0.05, 0.1) is 9.49 Å². The fourth-order valence-corrected chi connectivity index (χ4v) is 4.63. The van der Waals surface area contributed by atoms with Crippen LogP contribution in [0.2, 0.25) is 0 Å². The average Bonchev–Trinajstić information content (AvgIpc) is 2.40. The normalized spacial score (nSPS) is 13.9. The molecule has 5 heteroatoms. The Morgan fingerprint density at radius 3 is 0.781 bits per heavy atom. The Bertz CT molecular complexity index is 665. The topological polar surface area (TPSA) is 68.3 Å². The van der Waals surface area contributed by atoms with Crippen LogP contribution in [-0.4, -0.2) is 29.5 Å². The fraction of sp³-hybridized carbons (Fsp3) is 0.926. The van der Waals surface area contributed by atoms with Crippen molar-refractivity contribution in [3.05, 3.63) is 0 Å². The van der Waals surface area contributed by atoms with E-state index >= 15 is 0 Å². The van der Waals surface area contributed by atoms with Crippen molar-refractivity contribution in [3.8, 4) is 0 Å². The zero-order valence-corrected chi connectivity index (χ0v) is 25.6. The molecule has 0 saturated carbocycles. The van der Waals surface area contributed by atoms with Gasteiger partial charge in [-0.1, -0.05) is 83.1 Å². The van der Waals surface area contributed by atoms with Crippen LogP contribution in [0.3, 0.4) is 0 Å². The van der Waals surface area contributed by atoms with Crippen LogP contribution in [0.25, 0.3) is 0 Å². The minimum Gasteiger partial charge on any atom is -0.299 e. The van der Waals surface area contributed by atoms with Gasteiger partial charge in [0, 0.05) is 22.7 Å². The zero-order chi connectivity index (χ0) is 27.4. The van der Waals surface area contributed by atoms with Crippen molar-refractivity contribution >= 4 is 21.4 Å². The highest BCUT2D eigenvalue weighted by Crippen LogP contribution is 2.29. The predicted octanol–water partition coefficient (Wildman–Crippen LogP) is 7.68. The van der Waals surface area contributed by atoms with Gasteiger partial charge in [0.1, 0.15) is 11.6 Å². The summed E-state index contributed by atoms with van der Waals surface area (Å²) in [7, 11) is -3.01. The van der Waals surface area contributed by atoms with E-state index in [0.717, 1.165) is 0 Å². The second-order valence-electron chi connectivity index (χ2n) is 15.0. The quantitative estimate of drug-likeness (QED) is 0.389. The fourth-order valence-electron chi connectivity index (χ4n) is 2.79. The van der Waals surface area contributed by atoms with Gasteiger partial charge >= 0.3 is 0 Å². The lowest BCUT2D eigenvalue weighted by Gasteiger charge is -2.29. The minimum atomic E-state index is -3.01. The molecule has 0 unspecified atom stereocenters. The van der Waals surface area contributed by atoms with Gasteiger partial charge in [0.2, 0.25) is 0 Å². The highest BCUT2D eigenvalue weighted by molar-refractivity contribution is 7.94. The maximum Gasteiger partial charge on any atom is 0.160 e. The molecule has 0 bridgehead atoms. The first-order valence-corrected chi connectivity index (χ1v) is 13.1. The van der Waals surface area contributed by atoms with E-state index in [2.05, 4.69) is 20.8 Å². The molecule has 0 aliphatic heterocycles. The van der Waals surface area contributed by atoms with Crippen LogP contribution in [-0.2, 0) is 19.4 Å². The third-order valence-corrected chi connectivity index (χ3v) is 7.73. The number of sulfone groups is 1. The van der Waals surface area contributed by atoms with Crippen molar-refractivity contribution < 1.29 is 18.0 Å². The Hall–Kier alpha value is -0.710. The minimum absolute atomic E-state index is 0.129. The van der Waals surface area contributed by atoms with Gasteiger partial charge in [-0.25, -0.2) is 8.42 Å². The molecule has 0 heterocycles. The summed E-state index contributed by atoms with van der Waals surface area (Å²) in [6.07, 6.45) is 0.677. The summed E-state index contributed by atoms with van der Waals surface area (Å²) in [5.41, 5.74) is -0.436. The van der Waals surface area contributed by atoms with Crippen molar-refractivity contribution in [2.45, 2.75) is 141 Å². The maximum absolute atomic E-state index is 11.7. The average molecular weight is 477 g/mol. The van der Waals surface area contributed by atoms with Crippen molar-refractivity contribution in [2.24, 2.45) is 21.7 Å². The van der Waals surface area contributed by atoms with E-state index in [0.29, 0.717) is 18.0 Å². The van der Waals surface area contributed by atoms with Crippen molar-refractivity contribution in [1.82, 2.24) is 0 Å². The third-order valence-electron chi connectivity index (χ3n) is 4.50. The van der Waals surface area contributed by atoms with Crippen LogP contribution in [0.1, 0.15) is 131 Å². The van der Waals surface area contributed by atoms with Gasteiger partial charge in [0.15, 0.2) is 9.84 Å². The van der Waals surface area contributed by atoms with Crippen molar-refractivity contribution in [1.29, 1.82) is 0 Å². The molecule has 0 aromatic rings. The van der Waals surface area contributed by atoms with E-state index in [-0.39, 0.29) is 21.7 Å². The highest BCUT2D eigenvalue weighted by atomic mass is 32.2. The van der Waals surface area contributed by atoms with Crippen molar-refractivity contribution in [3.63, 3.8) is 0 Å². The molecule has 0 aliphatic rings. The van der Waals surface area contributed by atoms with E-state index < -0.39 is 19.3 Å². The second kappa shape index (κ2) is 11.1. The van der Waals surface area contributed by atoms with Crippen LogP contribution < -0.4 is 0 Å². The molecule has 0 aromatic carbocycles. The van der Waals surface area contributed by atoms with Crippen LogP contribution in [0.4, 0.5) is 0 Å². The third kappa shape index (κ3) is 14.4. The number of rotatable bonds is 1. The Morgan fingerprint density at radius 2 is 0.750 bits per heavy atom. The van der Waals surface area contributed by atoms with Gasteiger partial charge < -0.3 is 0 Å². The van der Waals surface area contributed by atoms with Gasteiger partial charge in [-0.15, -0.1) is 0 Å². The molecule has 4 nitrogen and oxygen atoms in total. The standard InChI is InChI=1S/C10H20O.C9H18O.C8H18O2S/c1-9(2,3)7-8(11)10(4,5)6;1-8(2,3)7(10)9(4,5)6;1-7(2,3)11(9,10)8(4,5)6/h7H2,1-6H3;1-6H3;1-6H3. The number of ketones is 2. The van der Waals surface area contributed by atoms with Crippen LogP contribution >= 0.6 is 0 Å². The molecule has 0 aliphatic carbocycles. The van der Waals surface area contributed by atoms with Crippen LogP contribution in [0.15, 0.2) is 0 Å². The Labute approximate surface area is 201 Å². The molecule has 0 fully saturated rings. The SMILES string of the molecule is CC(C)(C)C(=O)C(C)(C)C.CC(C)(C)CC(=O)C(C)(C)C.CC(C)(C)S(=O)(=O)C(C)(C)C. The maximum atomic E-state index is 11.7. The number of hydrogen-bond donors (Lipinski definition) is 0. The molecule has 0 amide bonds. The number of hydrogen-bond acceptors (Lipinski definition) is 4. The molecule has 32 heavy (non-hydrogen) atoms. The Kier molecular flexibility index (Phi) is 12.5. The lowest BCUT2D eigenvalue weighted by Crippen LogP contribution is -2.41. The smallest absolute Gasteiger partial charge is 0.160 e. The second-order valence-corrected chi connectivity index (χ2v) is 18.4. The van der Waals surface area contributed by atoms with Gasteiger partial charge in [0.25, 0.3) is 0 Å². The molecular weight excluding hydrogens is 420 g/mol. The summed E-state index contributed by atoms with van der Waals surface area (Å²) in [4.78, 5) is 23.0. The van der Waals surface area contributed by atoms with Gasteiger partial charge in [-0.2, -0.15) is 0 Å². The predicted molar refractivity (Wildman–Crippen MR) is 141 cm³/mol. The lowest BCUT2D eigenvalue weighted by molar-refractivity contribution is -0.134. The van der Waals surface area contributed by atoms with Crippen LogP contribution in [0, 0.1) is 21.7 Å². The van der Waals surface area contributed by atoms with Gasteiger partial charge in [-0.3, -0.25) is 9.59 Å². The summed E-state index contributed by atoms with van der Waals surface area (Å²) >= 11 is 0. The Balaban J connectivity index is -0.000000395. The van der Waals surface area contributed by atoms with E-state index in [1.807, 2.05) is 62.3 Å². The first kappa shape index (κ1) is 35.9. The van der Waals surface area contributed by atoms with E-state index in [1.54, 1.807) is 41.5 Å². The first-order valence-electron chi connectivity index (χ1n) is 11.6. The zero-order valence-electron chi connectivity index (χ0n) is 24.7. The van der Waals surface area contributed by atoms with Gasteiger partial charge in [-0.05, 0) is 47.0 Å². The number of carbonyl (C=O) groups is 2. The summed E-state index contributed by atoms with van der Waals surface area (Å²) < 4.78 is 22.1. The molecule has 0 spiro atoms. The largest absolute Gasteiger partial charge is 0.299 e.